The van der Waals surface area contributed by atoms with E-state index in [2.05, 4.69) is 10.3 Å². The van der Waals surface area contributed by atoms with Gasteiger partial charge in [-0.2, -0.15) is 0 Å². The van der Waals surface area contributed by atoms with Crippen LogP contribution in [0.5, 0.6) is 0 Å². The van der Waals surface area contributed by atoms with Gasteiger partial charge in [0.1, 0.15) is 11.5 Å². The molecule has 0 atom stereocenters. The highest BCUT2D eigenvalue weighted by Gasteiger charge is 2.24. The van der Waals surface area contributed by atoms with Gasteiger partial charge >= 0.3 is 0 Å². The van der Waals surface area contributed by atoms with E-state index in [9.17, 15) is 4.79 Å². The van der Waals surface area contributed by atoms with E-state index in [4.69, 9.17) is 16.0 Å². The Kier molecular flexibility index (Phi) is 3.86. The topological polar surface area (TPSA) is 54.6 Å². The summed E-state index contributed by atoms with van der Waals surface area (Å²) in [6, 6.07) is 10.8. The second kappa shape index (κ2) is 5.79. The van der Waals surface area contributed by atoms with Crippen LogP contribution < -0.4 is 5.32 Å². The van der Waals surface area contributed by atoms with Crippen LogP contribution in [0.25, 0.3) is 6.08 Å². The number of rotatable bonds is 2. The van der Waals surface area contributed by atoms with E-state index in [0.29, 0.717) is 20.9 Å². The molecule has 0 bridgehead atoms. The zero-order chi connectivity index (χ0) is 14.8. The van der Waals surface area contributed by atoms with Crippen molar-refractivity contribution in [2.45, 2.75) is 6.92 Å². The number of hydrogen-bond donors (Lipinski definition) is 1. The van der Waals surface area contributed by atoms with Gasteiger partial charge in [0.2, 0.25) is 0 Å². The van der Waals surface area contributed by atoms with Crippen molar-refractivity contribution in [2.24, 2.45) is 4.99 Å². The minimum absolute atomic E-state index is 0.179. The number of amidine groups is 1. The molecule has 4 nitrogen and oxygen atoms in total. The summed E-state index contributed by atoms with van der Waals surface area (Å²) >= 11 is 7.10. The lowest BCUT2D eigenvalue weighted by Gasteiger charge is -1.96. The smallest absolute Gasteiger partial charge is 0.264 e. The molecule has 106 valence electrons. The van der Waals surface area contributed by atoms with Gasteiger partial charge in [-0.05, 0) is 55.1 Å². The Hall–Kier alpha value is -1.98. The van der Waals surface area contributed by atoms with Crippen molar-refractivity contribution in [1.29, 1.82) is 0 Å². The maximum absolute atomic E-state index is 11.9. The standard InChI is InChI=1S/C15H11ClN2O2S/c1-9-2-7-12(20-9)8-13-14(19)18-15(21-13)17-11-5-3-10(16)4-6-11/h2-8H,1H3,(H,17,18,19)/b13-8+. The summed E-state index contributed by atoms with van der Waals surface area (Å²) in [5, 5.41) is 3.91. The number of nitrogens with zero attached hydrogens (tertiary/aromatic N) is 1. The van der Waals surface area contributed by atoms with Crippen LogP contribution in [0.3, 0.4) is 0 Å². The van der Waals surface area contributed by atoms with Gasteiger partial charge in [-0.25, -0.2) is 4.99 Å². The molecule has 6 heteroatoms. The van der Waals surface area contributed by atoms with Crippen LogP contribution in [-0.2, 0) is 4.79 Å². The van der Waals surface area contributed by atoms with Gasteiger partial charge in [0.25, 0.3) is 5.91 Å². The first kappa shape index (κ1) is 14.0. The molecule has 0 unspecified atom stereocenters. The Morgan fingerprint density at radius 3 is 2.67 bits per heavy atom. The van der Waals surface area contributed by atoms with Crippen LogP contribution in [0.15, 0.2) is 50.7 Å². The Balaban J connectivity index is 1.81. The van der Waals surface area contributed by atoms with E-state index < -0.39 is 0 Å². The number of aryl methyl sites for hydroxylation is 1. The molecular formula is C15H11ClN2O2S. The highest BCUT2D eigenvalue weighted by molar-refractivity contribution is 8.18. The molecule has 2 aromatic rings. The summed E-state index contributed by atoms with van der Waals surface area (Å²) in [6.07, 6.45) is 1.71. The molecule has 3 rings (SSSR count). The molecule has 1 N–H and O–H groups in total. The SMILES string of the molecule is Cc1ccc(/C=C2/SC(=Nc3ccc(Cl)cc3)NC2=O)o1. The van der Waals surface area contributed by atoms with E-state index in [1.807, 2.05) is 19.1 Å². The van der Waals surface area contributed by atoms with Crippen LogP contribution in [-0.4, -0.2) is 11.1 Å². The van der Waals surface area contributed by atoms with Crippen molar-refractivity contribution in [3.8, 4) is 0 Å². The first-order chi connectivity index (χ1) is 10.1. The van der Waals surface area contributed by atoms with Crippen LogP contribution >= 0.6 is 23.4 Å². The summed E-state index contributed by atoms with van der Waals surface area (Å²) in [5.74, 6) is 1.28. The van der Waals surface area contributed by atoms with Gasteiger partial charge in [-0.3, -0.25) is 4.79 Å². The number of benzene rings is 1. The van der Waals surface area contributed by atoms with Crippen molar-refractivity contribution in [2.75, 3.05) is 0 Å². The van der Waals surface area contributed by atoms with Gasteiger partial charge in [0, 0.05) is 11.1 Å². The largest absolute Gasteiger partial charge is 0.462 e. The van der Waals surface area contributed by atoms with Gasteiger partial charge in [0.15, 0.2) is 5.17 Å². The molecule has 2 heterocycles. The lowest BCUT2D eigenvalue weighted by Crippen LogP contribution is -2.19. The number of halogens is 1. The van der Waals surface area contributed by atoms with Gasteiger partial charge in [-0.15, -0.1) is 0 Å². The molecule has 1 aromatic carbocycles. The number of carbonyl (C=O) groups excluding carboxylic acids is 1. The van der Waals surface area contributed by atoms with E-state index in [1.165, 1.54) is 11.8 Å². The maximum Gasteiger partial charge on any atom is 0.264 e. The number of furan rings is 1. The average Bonchev–Trinajstić information content (AvgIpc) is 3.00. The molecule has 0 saturated carbocycles. The molecule has 1 aliphatic rings. The molecule has 1 aromatic heterocycles. The summed E-state index contributed by atoms with van der Waals surface area (Å²) < 4.78 is 5.44. The number of carbonyl (C=O) groups is 1. The molecule has 1 aliphatic heterocycles. The summed E-state index contributed by atoms with van der Waals surface area (Å²) in [5.41, 5.74) is 0.734. The lowest BCUT2D eigenvalue weighted by atomic mass is 10.3. The minimum atomic E-state index is -0.179. The third-order valence-corrected chi connectivity index (χ3v) is 3.90. The van der Waals surface area contributed by atoms with Crippen molar-refractivity contribution in [3.63, 3.8) is 0 Å². The van der Waals surface area contributed by atoms with Gasteiger partial charge < -0.3 is 9.73 Å². The molecule has 0 radical (unpaired) electrons. The fraction of sp³-hybridized carbons (Fsp3) is 0.0667. The number of nitrogens with one attached hydrogen (secondary N) is 1. The Morgan fingerprint density at radius 1 is 1.24 bits per heavy atom. The van der Waals surface area contributed by atoms with E-state index in [1.54, 1.807) is 30.3 Å². The van der Waals surface area contributed by atoms with Crippen LogP contribution in [0.4, 0.5) is 5.69 Å². The Bertz CT molecular complexity index is 747. The average molecular weight is 319 g/mol. The molecular weight excluding hydrogens is 308 g/mol. The van der Waals surface area contributed by atoms with E-state index >= 15 is 0 Å². The summed E-state index contributed by atoms with van der Waals surface area (Å²) in [6.45, 7) is 1.86. The zero-order valence-electron chi connectivity index (χ0n) is 11.1. The number of hydrogen-bond acceptors (Lipinski definition) is 4. The summed E-state index contributed by atoms with van der Waals surface area (Å²) in [7, 11) is 0. The summed E-state index contributed by atoms with van der Waals surface area (Å²) in [4.78, 5) is 16.8. The quantitative estimate of drug-likeness (QED) is 0.847. The highest BCUT2D eigenvalue weighted by atomic mass is 35.5. The predicted molar refractivity (Wildman–Crippen MR) is 85.7 cm³/mol. The Labute approximate surface area is 130 Å². The normalized spacial score (nSPS) is 18.5. The second-order valence-corrected chi connectivity index (χ2v) is 5.87. The first-order valence-electron chi connectivity index (χ1n) is 6.22. The lowest BCUT2D eigenvalue weighted by molar-refractivity contribution is -0.115. The first-order valence-corrected chi connectivity index (χ1v) is 7.41. The molecule has 1 saturated heterocycles. The predicted octanol–water partition coefficient (Wildman–Crippen LogP) is 4.13. The molecule has 1 amide bonds. The van der Waals surface area contributed by atoms with Crippen molar-refractivity contribution in [1.82, 2.24) is 5.32 Å². The number of aliphatic imine (C=N–C) groups is 1. The molecule has 0 spiro atoms. The fourth-order valence-corrected chi connectivity index (χ4v) is 2.72. The van der Waals surface area contributed by atoms with Gasteiger partial charge in [-0.1, -0.05) is 11.6 Å². The van der Waals surface area contributed by atoms with E-state index in [0.717, 1.165) is 11.4 Å². The second-order valence-electron chi connectivity index (χ2n) is 4.41. The molecule has 0 aliphatic carbocycles. The third-order valence-electron chi connectivity index (χ3n) is 2.74. The van der Waals surface area contributed by atoms with Crippen molar-refractivity contribution >= 4 is 46.2 Å². The van der Waals surface area contributed by atoms with Crippen LogP contribution in [0.2, 0.25) is 5.02 Å². The fourth-order valence-electron chi connectivity index (χ4n) is 1.77. The monoisotopic (exact) mass is 318 g/mol. The van der Waals surface area contributed by atoms with Crippen molar-refractivity contribution in [3.05, 3.63) is 57.8 Å². The highest BCUT2D eigenvalue weighted by Crippen LogP contribution is 2.28. The number of thioether (sulfide) groups is 1. The minimum Gasteiger partial charge on any atom is -0.462 e. The maximum atomic E-state index is 11.9. The zero-order valence-corrected chi connectivity index (χ0v) is 12.7. The van der Waals surface area contributed by atoms with Crippen LogP contribution in [0.1, 0.15) is 11.5 Å². The number of amides is 1. The Morgan fingerprint density at radius 2 is 2.00 bits per heavy atom. The van der Waals surface area contributed by atoms with Crippen LogP contribution in [0, 0.1) is 6.92 Å². The van der Waals surface area contributed by atoms with Gasteiger partial charge in [0.05, 0.1) is 10.6 Å². The van der Waals surface area contributed by atoms with Crippen molar-refractivity contribution < 1.29 is 9.21 Å². The molecule has 21 heavy (non-hydrogen) atoms. The van der Waals surface area contributed by atoms with E-state index in [-0.39, 0.29) is 5.91 Å². The molecule has 1 fully saturated rings. The third kappa shape index (κ3) is 3.37.